The second kappa shape index (κ2) is 6.64. The van der Waals surface area contributed by atoms with Gasteiger partial charge in [-0.2, -0.15) is 13.2 Å². The Labute approximate surface area is 121 Å². The van der Waals surface area contributed by atoms with Crippen molar-refractivity contribution < 1.29 is 27.9 Å². The van der Waals surface area contributed by atoms with Crippen LogP contribution in [-0.2, 0) is 9.59 Å². The molecule has 21 heavy (non-hydrogen) atoms. The maximum atomic E-state index is 12.3. The summed E-state index contributed by atoms with van der Waals surface area (Å²) in [6, 6.07) is 0. The summed E-state index contributed by atoms with van der Waals surface area (Å²) in [6.07, 6.45) is -4.26. The normalized spacial score (nSPS) is 17.9. The van der Waals surface area contributed by atoms with Gasteiger partial charge in [-0.1, -0.05) is 13.8 Å². The topological polar surface area (TPSA) is 60.9 Å². The third kappa shape index (κ3) is 6.79. The highest BCUT2D eigenvalue weighted by atomic mass is 19.4. The molecule has 0 bridgehead atoms. The van der Waals surface area contributed by atoms with E-state index in [1.54, 1.807) is 13.8 Å². The molecule has 1 heterocycles. The van der Waals surface area contributed by atoms with Crippen LogP contribution in [0.1, 0.15) is 26.7 Å². The molecule has 5 nitrogen and oxygen atoms in total. The zero-order valence-electron chi connectivity index (χ0n) is 12.2. The summed E-state index contributed by atoms with van der Waals surface area (Å²) >= 11 is 0. The van der Waals surface area contributed by atoms with Gasteiger partial charge in [0, 0.05) is 32.6 Å². The number of piperazine rings is 1. The van der Waals surface area contributed by atoms with Gasteiger partial charge in [0.15, 0.2) is 0 Å². The van der Waals surface area contributed by atoms with Crippen LogP contribution in [-0.4, -0.2) is 65.7 Å². The number of hydrogen-bond acceptors (Lipinski definition) is 3. The smallest absolute Gasteiger partial charge is 0.401 e. The lowest BCUT2D eigenvalue weighted by molar-refractivity contribution is -0.152. The highest BCUT2D eigenvalue weighted by molar-refractivity contribution is 5.78. The number of hydrogen-bond donors (Lipinski definition) is 1. The van der Waals surface area contributed by atoms with E-state index < -0.39 is 24.1 Å². The number of carbonyl (C=O) groups is 2. The number of carboxylic acid groups (broad SMARTS) is 1. The van der Waals surface area contributed by atoms with Crippen molar-refractivity contribution in [2.24, 2.45) is 5.41 Å². The molecule has 122 valence electrons. The largest absolute Gasteiger partial charge is 0.481 e. The molecule has 0 saturated carbocycles. The minimum Gasteiger partial charge on any atom is -0.481 e. The lowest BCUT2D eigenvalue weighted by Crippen LogP contribution is -2.51. The fourth-order valence-corrected chi connectivity index (χ4v) is 2.40. The second-order valence-electron chi connectivity index (χ2n) is 6.18. The maximum absolute atomic E-state index is 12.3. The van der Waals surface area contributed by atoms with Crippen LogP contribution in [0.4, 0.5) is 13.2 Å². The Balaban J connectivity index is 2.43. The Bertz CT molecular complexity index is 389. The van der Waals surface area contributed by atoms with Gasteiger partial charge in [-0.15, -0.1) is 0 Å². The van der Waals surface area contributed by atoms with Crippen molar-refractivity contribution in [3.63, 3.8) is 0 Å². The molecular weight excluding hydrogens is 289 g/mol. The van der Waals surface area contributed by atoms with E-state index >= 15 is 0 Å². The van der Waals surface area contributed by atoms with Gasteiger partial charge in [0.2, 0.25) is 5.91 Å². The van der Waals surface area contributed by atoms with E-state index in [2.05, 4.69) is 0 Å². The zero-order valence-corrected chi connectivity index (χ0v) is 12.2. The maximum Gasteiger partial charge on any atom is 0.401 e. The van der Waals surface area contributed by atoms with Crippen LogP contribution in [0, 0.1) is 5.41 Å². The number of halogens is 3. The number of amides is 1. The van der Waals surface area contributed by atoms with Gasteiger partial charge >= 0.3 is 12.1 Å². The SMILES string of the molecule is CC(C)(CC(=O)O)CC(=O)N1CCN(CC(F)(F)F)CC1. The molecule has 1 amide bonds. The van der Waals surface area contributed by atoms with Gasteiger partial charge in [0.25, 0.3) is 0 Å². The van der Waals surface area contributed by atoms with Crippen LogP contribution < -0.4 is 0 Å². The van der Waals surface area contributed by atoms with Crippen LogP contribution in [0.2, 0.25) is 0 Å². The van der Waals surface area contributed by atoms with Crippen LogP contribution in [0.5, 0.6) is 0 Å². The number of alkyl halides is 3. The molecular formula is C13H21F3N2O3. The van der Waals surface area contributed by atoms with E-state index in [9.17, 15) is 22.8 Å². The fraction of sp³-hybridized carbons (Fsp3) is 0.846. The fourth-order valence-electron chi connectivity index (χ4n) is 2.40. The number of aliphatic carboxylic acids is 1. The Kier molecular flexibility index (Phi) is 5.61. The molecule has 0 aliphatic carbocycles. The molecule has 0 aromatic heterocycles. The Morgan fingerprint density at radius 3 is 2.00 bits per heavy atom. The summed E-state index contributed by atoms with van der Waals surface area (Å²) < 4.78 is 36.8. The minimum atomic E-state index is -4.23. The summed E-state index contributed by atoms with van der Waals surface area (Å²) in [5.41, 5.74) is -0.661. The van der Waals surface area contributed by atoms with Crippen molar-refractivity contribution in [3.05, 3.63) is 0 Å². The summed E-state index contributed by atoms with van der Waals surface area (Å²) in [6.45, 7) is 3.29. The van der Waals surface area contributed by atoms with Gasteiger partial charge < -0.3 is 10.0 Å². The average molecular weight is 310 g/mol. The highest BCUT2D eigenvalue weighted by Gasteiger charge is 2.34. The first-order chi connectivity index (χ1) is 9.48. The van der Waals surface area contributed by atoms with Gasteiger partial charge in [-0.25, -0.2) is 0 Å². The van der Waals surface area contributed by atoms with Crippen LogP contribution in [0.25, 0.3) is 0 Å². The molecule has 8 heteroatoms. The molecule has 1 rings (SSSR count). The Morgan fingerprint density at radius 1 is 1.05 bits per heavy atom. The third-order valence-corrected chi connectivity index (χ3v) is 3.39. The highest BCUT2D eigenvalue weighted by Crippen LogP contribution is 2.26. The van der Waals surface area contributed by atoms with Crippen LogP contribution in [0.15, 0.2) is 0 Å². The molecule has 0 unspecified atom stereocenters. The van der Waals surface area contributed by atoms with Gasteiger partial charge in [-0.05, 0) is 5.41 Å². The standard InChI is InChI=1S/C13H21F3N2O3/c1-12(2,8-11(20)21)7-10(19)18-5-3-17(4-6-18)9-13(14,15)16/h3-9H2,1-2H3,(H,20,21). The summed E-state index contributed by atoms with van der Waals surface area (Å²) in [7, 11) is 0. The van der Waals surface area contributed by atoms with Crippen molar-refractivity contribution in [3.8, 4) is 0 Å². The summed E-state index contributed by atoms with van der Waals surface area (Å²) in [5, 5.41) is 8.78. The zero-order chi connectivity index (χ0) is 16.3. The van der Waals surface area contributed by atoms with E-state index in [-0.39, 0.29) is 44.9 Å². The third-order valence-electron chi connectivity index (χ3n) is 3.39. The van der Waals surface area contributed by atoms with Crippen molar-refractivity contribution in [1.29, 1.82) is 0 Å². The molecule has 0 spiro atoms. The molecule has 1 aliphatic rings. The first kappa shape index (κ1) is 17.7. The van der Waals surface area contributed by atoms with Gasteiger partial charge in [-0.3, -0.25) is 14.5 Å². The molecule has 0 aromatic rings. The van der Waals surface area contributed by atoms with Gasteiger partial charge in [0.1, 0.15) is 0 Å². The molecule has 0 atom stereocenters. The number of nitrogens with zero attached hydrogens (tertiary/aromatic N) is 2. The summed E-state index contributed by atoms with van der Waals surface area (Å²) in [4.78, 5) is 25.6. The minimum absolute atomic E-state index is 0.0819. The average Bonchev–Trinajstić information content (AvgIpc) is 2.24. The quantitative estimate of drug-likeness (QED) is 0.837. The molecule has 0 aromatic carbocycles. The molecule has 1 N–H and O–H groups in total. The van der Waals surface area contributed by atoms with Crippen molar-refractivity contribution in [2.75, 3.05) is 32.7 Å². The van der Waals surface area contributed by atoms with E-state index in [0.29, 0.717) is 0 Å². The summed E-state index contributed by atoms with van der Waals surface area (Å²) in [5.74, 6) is -1.17. The Hall–Kier alpha value is -1.31. The Morgan fingerprint density at radius 2 is 1.57 bits per heavy atom. The van der Waals surface area contributed by atoms with E-state index in [4.69, 9.17) is 5.11 Å². The molecule has 1 aliphatic heterocycles. The van der Waals surface area contributed by atoms with Crippen LogP contribution in [0.3, 0.4) is 0 Å². The second-order valence-corrected chi connectivity index (χ2v) is 6.18. The number of carboxylic acids is 1. The van der Waals surface area contributed by atoms with E-state index in [1.807, 2.05) is 0 Å². The molecule has 0 radical (unpaired) electrons. The van der Waals surface area contributed by atoms with Crippen molar-refractivity contribution in [1.82, 2.24) is 9.80 Å². The molecule has 1 saturated heterocycles. The van der Waals surface area contributed by atoms with Crippen molar-refractivity contribution >= 4 is 11.9 Å². The monoisotopic (exact) mass is 310 g/mol. The van der Waals surface area contributed by atoms with E-state index in [0.717, 1.165) is 0 Å². The number of carbonyl (C=O) groups excluding carboxylic acids is 1. The van der Waals surface area contributed by atoms with Crippen molar-refractivity contribution in [2.45, 2.75) is 32.9 Å². The first-order valence-electron chi connectivity index (χ1n) is 6.77. The van der Waals surface area contributed by atoms with Gasteiger partial charge in [0.05, 0.1) is 13.0 Å². The predicted octanol–water partition coefficient (Wildman–Crippen LogP) is 1.58. The first-order valence-corrected chi connectivity index (χ1v) is 6.77. The predicted molar refractivity (Wildman–Crippen MR) is 69.7 cm³/mol. The lowest BCUT2D eigenvalue weighted by Gasteiger charge is -2.36. The number of rotatable bonds is 5. The molecule has 1 fully saturated rings. The lowest BCUT2D eigenvalue weighted by atomic mass is 9.85. The van der Waals surface area contributed by atoms with E-state index in [1.165, 1.54) is 9.80 Å². The van der Waals surface area contributed by atoms with Crippen LogP contribution >= 0.6 is 0 Å².